The highest BCUT2D eigenvalue weighted by molar-refractivity contribution is 5.85. The number of hydrogen-bond donors (Lipinski definition) is 1. The van der Waals surface area contributed by atoms with E-state index >= 15 is 0 Å². The van der Waals surface area contributed by atoms with Gasteiger partial charge in [-0.3, -0.25) is 0 Å². The van der Waals surface area contributed by atoms with Gasteiger partial charge in [0.1, 0.15) is 0 Å². The zero-order valence-corrected chi connectivity index (χ0v) is 26.7. The maximum Gasteiger partial charge on any atom is 0.345 e. The molecule has 1 N–H and O–H groups in total. The molecule has 0 amide bonds. The molecule has 0 aromatic carbocycles. The summed E-state index contributed by atoms with van der Waals surface area (Å²) in [5.41, 5.74) is 0. The second kappa shape index (κ2) is 31.9. The molecule has 0 saturated carbocycles. The first-order valence-corrected chi connectivity index (χ1v) is 17.4. The number of allylic oxidation sites excluding steroid dienone is 3. The molecule has 0 aliphatic carbocycles. The van der Waals surface area contributed by atoms with Gasteiger partial charge in [-0.05, 0) is 51.4 Å². The average Bonchev–Trinajstić information content (AvgIpc) is 2.94. The molecule has 4 nitrogen and oxygen atoms in total. The number of aliphatic carboxylic acids is 1. The lowest BCUT2D eigenvalue weighted by atomic mass is 10.0. The molecular formula is C36H66O4. The van der Waals surface area contributed by atoms with E-state index in [4.69, 9.17) is 4.74 Å². The molecule has 0 fully saturated rings. The van der Waals surface area contributed by atoms with Crippen molar-refractivity contribution < 1.29 is 19.4 Å². The van der Waals surface area contributed by atoms with Crippen molar-refractivity contribution in [1.29, 1.82) is 0 Å². The fourth-order valence-electron chi connectivity index (χ4n) is 5.10. The summed E-state index contributed by atoms with van der Waals surface area (Å²) in [7, 11) is 0. The lowest BCUT2D eigenvalue weighted by Crippen LogP contribution is -2.26. The topological polar surface area (TPSA) is 63.6 Å². The number of carboxylic acid groups (broad SMARTS) is 1. The van der Waals surface area contributed by atoms with Crippen LogP contribution in [0.25, 0.3) is 0 Å². The molecule has 0 aromatic rings. The Morgan fingerprint density at radius 1 is 0.525 bits per heavy atom. The molecule has 40 heavy (non-hydrogen) atoms. The van der Waals surface area contributed by atoms with E-state index in [9.17, 15) is 14.7 Å². The van der Waals surface area contributed by atoms with Crippen molar-refractivity contribution in [2.45, 2.75) is 193 Å². The summed E-state index contributed by atoms with van der Waals surface area (Å²) in [5.74, 6) is -1.58. The Labute approximate surface area is 248 Å². The minimum atomic E-state index is -1.05. The monoisotopic (exact) mass is 562 g/mol. The summed E-state index contributed by atoms with van der Waals surface area (Å²) in [4.78, 5) is 23.6. The third kappa shape index (κ3) is 29.4. The summed E-state index contributed by atoms with van der Waals surface area (Å²) >= 11 is 0. The second-order valence-electron chi connectivity index (χ2n) is 11.7. The van der Waals surface area contributed by atoms with Crippen molar-refractivity contribution in [3.63, 3.8) is 0 Å². The number of esters is 1. The average molecular weight is 563 g/mol. The van der Waals surface area contributed by atoms with Crippen LogP contribution in [-0.4, -0.2) is 23.1 Å². The highest BCUT2D eigenvalue weighted by atomic mass is 16.6. The minimum Gasteiger partial charge on any atom is -0.479 e. The van der Waals surface area contributed by atoms with E-state index in [2.05, 4.69) is 26.0 Å². The molecule has 4 heteroatoms. The first-order chi connectivity index (χ1) is 19.6. The highest BCUT2D eigenvalue weighted by Crippen LogP contribution is 2.14. The maximum atomic E-state index is 12.1. The Morgan fingerprint density at radius 3 is 1.27 bits per heavy atom. The predicted molar refractivity (Wildman–Crippen MR) is 172 cm³/mol. The van der Waals surface area contributed by atoms with Gasteiger partial charge in [-0.15, -0.1) is 0 Å². The van der Waals surface area contributed by atoms with Crippen LogP contribution in [0.4, 0.5) is 0 Å². The number of ether oxygens (including phenoxy) is 1. The molecule has 1 atom stereocenters. The van der Waals surface area contributed by atoms with E-state index in [-0.39, 0.29) is 0 Å². The minimum absolute atomic E-state index is 0.391. The van der Waals surface area contributed by atoms with Crippen LogP contribution in [0.15, 0.2) is 24.3 Å². The number of hydrogen-bond acceptors (Lipinski definition) is 3. The van der Waals surface area contributed by atoms with Gasteiger partial charge >= 0.3 is 11.9 Å². The molecule has 0 bridgehead atoms. The van der Waals surface area contributed by atoms with Crippen LogP contribution in [-0.2, 0) is 14.3 Å². The summed E-state index contributed by atoms with van der Waals surface area (Å²) < 4.78 is 5.21. The number of carbonyl (C=O) groups excluding carboxylic acids is 1. The molecule has 0 saturated heterocycles. The first-order valence-electron chi connectivity index (χ1n) is 17.4. The Hall–Kier alpha value is -1.58. The van der Waals surface area contributed by atoms with Crippen LogP contribution in [0.2, 0.25) is 0 Å². The summed E-state index contributed by atoms with van der Waals surface area (Å²) in [6, 6.07) is 0. The van der Waals surface area contributed by atoms with Crippen molar-refractivity contribution in [3.8, 4) is 0 Å². The van der Waals surface area contributed by atoms with Crippen LogP contribution < -0.4 is 0 Å². The fraction of sp³-hybridized carbons (Fsp3) is 0.833. The summed E-state index contributed by atoms with van der Waals surface area (Å²) in [6.07, 6.45) is 39.5. The van der Waals surface area contributed by atoms with E-state index in [1.165, 1.54) is 128 Å². The van der Waals surface area contributed by atoms with E-state index in [0.29, 0.717) is 6.42 Å². The van der Waals surface area contributed by atoms with Crippen molar-refractivity contribution in [3.05, 3.63) is 24.3 Å². The zero-order chi connectivity index (χ0) is 29.4. The van der Waals surface area contributed by atoms with Gasteiger partial charge in [-0.2, -0.15) is 0 Å². The largest absolute Gasteiger partial charge is 0.479 e. The van der Waals surface area contributed by atoms with Gasteiger partial charge in [-0.1, -0.05) is 154 Å². The number of carbonyl (C=O) groups is 2. The van der Waals surface area contributed by atoms with Crippen molar-refractivity contribution in [2.24, 2.45) is 0 Å². The SMILES string of the molecule is CCCCCCCC/C=C\CCCCCCC(OC(=O)C=CCCCCCCCCCCCCCCC)C(=O)O. The fourth-order valence-corrected chi connectivity index (χ4v) is 5.10. The smallest absolute Gasteiger partial charge is 0.345 e. The third-order valence-electron chi connectivity index (χ3n) is 7.74. The van der Waals surface area contributed by atoms with Crippen LogP contribution in [0, 0.1) is 0 Å². The Bertz CT molecular complexity index is 610. The first kappa shape index (κ1) is 38.4. The lowest BCUT2D eigenvalue weighted by Gasteiger charge is -2.12. The molecule has 0 rings (SSSR count). The maximum absolute atomic E-state index is 12.1. The number of carboxylic acids is 1. The van der Waals surface area contributed by atoms with Gasteiger partial charge in [-0.25, -0.2) is 9.59 Å². The van der Waals surface area contributed by atoms with Crippen molar-refractivity contribution in [2.75, 3.05) is 0 Å². The lowest BCUT2D eigenvalue weighted by molar-refractivity contribution is -0.161. The normalized spacial score (nSPS) is 12.4. The molecule has 0 radical (unpaired) electrons. The number of unbranched alkanes of at least 4 members (excludes halogenated alkanes) is 23. The van der Waals surface area contributed by atoms with Crippen molar-refractivity contribution >= 4 is 11.9 Å². The van der Waals surface area contributed by atoms with Crippen LogP contribution in [0.3, 0.4) is 0 Å². The van der Waals surface area contributed by atoms with Gasteiger partial charge < -0.3 is 9.84 Å². The van der Waals surface area contributed by atoms with Gasteiger partial charge in [0.15, 0.2) is 6.10 Å². The Morgan fingerprint density at radius 2 is 0.875 bits per heavy atom. The quantitative estimate of drug-likeness (QED) is 0.0395. The summed E-state index contributed by atoms with van der Waals surface area (Å²) in [6.45, 7) is 4.52. The van der Waals surface area contributed by atoms with E-state index < -0.39 is 18.0 Å². The molecule has 1 unspecified atom stereocenters. The third-order valence-corrected chi connectivity index (χ3v) is 7.74. The molecule has 0 aromatic heterocycles. The molecule has 0 spiro atoms. The van der Waals surface area contributed by atoms with E-state index in [0.717, 1.165) is 44.9 Å². The van der Waals surface area contributed by atoms with Crippen molar-refractivity contribution in [1.82, 2.24) is 0 Å². The van der Waals surface area contributed by atoms with Crippen LogP contribution in [0.5, 0.6) is 0 Å². The summed E-state index contributed by atoms with van der Waals surface area (Å²) in [5, 5.41) is 9.42. The van der Waals surface area contributed by atoms with E-state index in [1.54, 1.807) is 0 Å². The molecule has 0 aliphatic rings. The van der Waals surface area contributed by atoms with Crippen LogP contribution in [0.1, 0.15) is 187 Å². The second-order valence-corrected chi connectivity index (χ2v) is 11.7. The van der Waals surface area contributed by atoms with Gasteiger partial charge in [0.25, 0.3) is 0 Å². The highest BCUT2D eigenvalue weighted by Gasteiger charge is 2.20. The number of rotatable bonds is 31. The molecule has 0 heterocycles. The van der Waals surface area contributed by atoms with Gasteiger partial charge in [0.05, 0.1) is 0 Å². The standard InChI is InChI=1S/C36H66O4/c1-3-5-7-9-11-13-15-17-19-21-23-25-27-29-31-33-35(37)40-34(36(38)39)32-30-28-26-24-22-20-18-16-14-12-10-8-6-4-2/h18,20,31,33-34H,3-17,19,21-30,32H2,1-2H3,(H,38,39)/b20-18-,33-31?. The molecule has 0 aliphatic heterocycles. The van der Waals surface area contributed by atoms with Gasteiger partial charge in [0, 0.05) is 6.08 Å². The predicted octanol–water partition coefficient (Wildman–Crippen LogP) is 11.7. The molecular weight excluding hydrogens is 496 g/mol. The molecule has 234 valence electrons. The van der Waals surface area contributed by atoms with Gasteiger partial charge in [0.2, 0.25) is 0 Å². The zero-order valence-electron chi connectivity index (χ0n) is 26.7. The Kier molecular flexibility index (Phi) is 30.7. The van der Waals surface area contributed by atoms with E-state index in [1.807, 2.05) is 6.08 Å². The Balaban J connectivity index is 3.65. The van der Waals surface area contributed by atoms with Crippen LogP contribution >= 0.6 is 0 Å².